The van der Waals surface area contributed by atoms with Crippen LogP contribution in [0.15, 0.2) is 4.99 Å². The smallest absolute Gasteiger partial charge is 0.226 e. The van der Waals surface area contributed by atoms with Gasteiger partial charge < -0.3 is 4.90 Å². The Hall–Kier alpha value is -0.900. The third kappa shape index (κ3) is 2.73. The number of alkyl halides is 1. The number of aliphatic imine (C=N–C) groups is 1. The van der Waals surface area contributed by atoms with Crippen molar-refractivity contribution in [2.24, 2.45) is 39.5 Å². The molecule has 3 aliphatic carbocycles. The Labute approximate surface area is 174 Å². The Balaban J connectivity index is 1.62. The summed E-state index contributed by atoms with van der Waals surface area (Å²) in [5.41, 5.74) is 1.02. The Bertz CT molecular complexity index is 703. The molecule has 1 amide bonds. The van der Waals surface area contributed by atoms with Crippen LogP contribution in [-0.2, 0) is 9.59 Å². The predicted molar refractivity (Wildman–Crippen MR) is 113 cm³/mol. The zero-order chi connectivity index (χ0) is 20.3. The SMILES string of the molecule is CCN(CC)C(=O)[C@H]1CCC2C3CN=C4C(Cl)C(=O)CC[C@]4(C)C3CC[C@@]21C. The van der Waals surface area contributed by atoms with Crippen LogP contribution < -0.4 is 0 Å². The fourth-order valence-electron chi connectivity index (χ4n) is 7.41. The molecular weight excluding hydrogens is 372 g/mol. The second-order valence-electron chi connectivity index (χ2n) is 10.0. The van der Waals surface area contributed by atoms with Crippen LogP contribution in [0.4, 0.5) is 0 Å². The lowest BCUT2D eigenvalue weighted by Gasteiger charge is -2.57. The standard InChI is InChI=1S/C23H35ClN2O2/c1-5-26(6-2)21(28)17-8-7-15-14-13-25-20-19(24)18(27)10-12-23(20,4)16(14)9-11-22(15,17)3/h14-17,19H,5-13H2,1-4H3/t14?,15?,16?,17-,19?,22+,23-/m1/s1. The highest BCUT2D eigenvalue weighted by molar-refractivity contribution is 6.44. The second kappa shape index (κ2) is 7.11. The molecule has 3 fully saturated rings. The zero-order valence-electron chi connectivity index (χ0n) is 17.8. The Morgan fingerprint density at radius 1 is 1.14 bits per heavy atom. The van der Waals surface area contributed by atoms with Crippen LogP contribution >= 0.6 is 11.6 Å². The maximum atomic E-state index is 13.2. The van der Waals surface area contributed by atoms with Crippen LogP contribution in [0.1, 0.15) is 66.2 Å². The van der Waals surface area contributed by atoms with Gasteiger partial charge in [-0.2, -0.15) is 0 Å². The molecule has 0 aromatic carbocycles. The summed E-state index contributed by atoms with van der Waals surface area (Å²) in [6.45, 7) is 11.2. The number of carbonyl (C=O) groups excluding carboxylic acids is 2. The monoisotopic (exact) mass is 406 g/mol. The molecule has 0 spiro atoms. The molecule has 3 saturated carbocycles. The van der Waals surface area contributed by atoms with Gasteiger partial charge in [-0.15, -0.1) is 11.6 Å². The Kier molecular flexibility index (Phi) is 5.17. The van der Waals surface area contributed by atoms with E-state index in [4.69, 9.17) is 16.6 Å². The van der Waals surface area contributed by atoms with Crippen molar-refractivity contribution in [3.05, 3.63) is 0 Å². The number of Topliss-reactive ketones (excluding diaryl/α,β-unsaturated/α-hetero) is 1. The third-order valence-electron chi connectivity index (χ3n) is 9.10. The van der Waals surface area contributed by atoms with Crippen LogP contribution in [0.25, 0.3) is 0 Å². The average Bonchev–Trinajstić information content (AvgIpc) is 3.03. The van der Waals surface area contributed by atoms with Crippen LogP contribution in [0.5, 0.6) is 0 Å². The van der Waals surface area contributed by atoms with E-state index >= 15 is 0 Å². The quantitative estimate of drug-likeness (QED) is 0.654. The molecule has 4 nitrogen and oxygen atoms in total. The number of fused-ring (bicyclic) bond motifs is 5. The number of halogens is 1. The fraction of sp³-hybridized carbons (Fsp3) is 0.870. The average molecular weight is 407 g/mol. The van der Waals surface area contributed by atoms with E-state index in [1.54, 1.807) is 0 Å². The van der Waals surface area contributed by atoms with E-state index in [-0.39, 0.29) is 22.5 Å². The molecule has 0 N–H and O–H groups in total. The first kappa shape index (κ1) is 20.4. The van der Waals surface area contributed by atoms with Crippen molar-refractivity contribution in [3.8, 4) is 0 Å². The molecule has 0 aromatic rings. The number of hydrogen-bond donors (Lipinski definition) is 0. The maximum Gasteiger partial charge on any atom is 0.226 e. The van der Waals surface area contributed by atoms with Gasteiger partial charge in [0.05, 0.1) is 0 Å². The molecule has 1 heterocycles. The molecule has 4 unspecified atom stereocenters. The molecule has 5 heteroatoms. The predicted octanol–water partition coefficient (Wildman–Crippen LogP) is 4.34. The van der Waals surface area contributed by atoms with E-state index in [9.17, 15) is 9.59 Å². The fourth-order valence-corrected chi connectivity index (χ4v) is 7.84. The first-order valence-corrected chi connectivity index (χ1v) is 11.7. The van der Waals surface area contributed by atoms with Crippen molar-refractivity contribution in [2.75, 3.05) is 19.6 Å². The molecule has 0 aromatic heterocycles. The summed E-state index contributed by atoms with van der Waals surface area (Å²) in [5, 5.41) is -0.520. The van der Waals surface area contributed by atoms with E-state index < -0.39 is 5.38 Å². The second-order valence-corrected chi connectivity index (χ2v) is 10.5. The first-order chi connectivity index (χ1) is 13.3. The normalized spacial score (nSPS) is 45.0. The van der Waals surface area contributed by atoms with Crippen LogP contribution in [0.3, 0.4) is 0 Å². The van der Waals surface area contributed by atoms with Gasteiger partial charge in [-0.25, -0.2) is 0 Å². The lowest BCUT2D eigenvalue weighted by Crippen LogP contribution is -2.57. The van der Waals surface area contributed by atoms with E-state index in [1.807, 2.05) is 4.90 Å². The first-order valence-electron chi connectivity index (χ1n) is 11.3. The van der Waals surface area contributed by atoms with Crippen LogP contribution in [0, 0.1) is 34.5 Å². The molecule has 0 radical (unpaired) electrons. The lowest BCUT2D eigenvalue weighted by molar-refractivity contribution is -0.141. The summed E-state index contributed by atoms with van der Waals surface area (Å²) in [7, 11) is 0. The van der Waals surface area contributed by atoms with Crippen molar-refractivity contribution in [1.82, 2.24) is 4.90 Å². The highest BCUT2D eigenvalue weighted by atomic mass is 35.5. The van der Waals surface area contributed by atoms with Gasteiger partial charge in [0.1, 0.15) is 5.38 Å². The molecule has 0 bridgehead atoms. The molecule has 1 aliphatic heterocycles. The van der Waals surface area contributed by atoms with Gasteiger partial charge in [-0.05, 0) is 69.1 Å². The van der Waals surface area contributed by atoms with Crippen LogP contribution in [-0.4, -0.2) is 47.3 Å². The number of carbonyl (C=O) groups is 2. The van der Waals surface area contributed by atoms with Gasteiger partial charge in [-0.1, -0.05) is 13.8 Å². The lowest BCUT2D eigenvalue weighted by atomic mass is 9.49. The topological polar surface area (TPSA) is 49.7 Å². The molecule has 28 heavy (non-hydrogen) atoms. The van der Waals surface area contributed by atoms with Crippen molar-refractivity contribution >= 4 is 29.0 Å². The van der Waals surface area contributed by atoms with Crippen molar-refractivity contribution in [3.63, 3.8) is 0 Å². The zero-order valence-corrected chi connectivity index (χ0v) is 18.6. The van der Waals surface area contributed by atoms with E-state index in [0.717, 1.165) is 57.5 Å². The van der Waals surface area contributed by atoms with Gasteiger partial charge in [0.25, 0.3) is 0 Å². The molecular formula is C23H35ClN2O2. The Morgan fingerprint density at radius 3 is 2.54 bits per heavy atom. The minimum atomic E-state index is -0.520. The van der Waals surface area contributed by atoms with Crippen LogP contribution in [0.2, 0.25) is 0 Å². The largest absolute Gasteiger partial charge is 0.343 e. The summed E-state index contributed by atoms with van der Waals surface area (Å²) in [4.78, 5) is 32.4. The number of hydrogen-bond acceptors (Lipinski definition) is 3. The summed E-state index contributed by atoms with van der Waals surface area (Å²) in [6.07, 6.45) is 5.87. The number of nitrogens with zero attached hydrogens (tertiary/aromatic N) is 2. The summed E-state index contributed by atoms with van der Waals surface area (Å²) in [6, 6.07) is 0. The summed E-state index contributed by atoms with van der Waals surface area (Å²) < 4.78 is 0. The van der Waals surface area contributed by atoms with Crippen molar-refractivity contribution in [2.45, 2.75) is 71.6 Å². The van der Waals surface area contributed by atoms with Gasteiger partial charge in [-0.3, -0.25) is 14.6 Å². The van der Waals surface area contributed by atoms with Crippen molar-refractivity contribution in [1.29, 1.82) is 0 Å². The van der Waals surface area contributed by atoms with Gasteiger partial charge >= 0.3 is 0 Å². The van der Waals surface area contributed by atoms with E-state index in [2.05, 4.69) is 27.7 Å². The summed E-state index contributed by atoms with van der Waals surface area (Å²) >= 11 is 6.50. The highest BCUT2D eigenvalue weighted by Gasteiger charge is 2.61. The van der Waals surface area contributed by atoms with E-state index in [1.165, 1.54) is 0 Å². The van der Waals surface area contributed by atoms with Crippen molar-refractivity contribution < 1.29 is 9.59 Å². The van der Waals surface area contributed by atoms with Gasteiger partial charge in [0, 0.05) is 43.1 Å². The Morgan fingerprint density at radius 2 is 1.86 bits per heavy atom. The molecule has 156 valence electrons. The number of ketones is 1. The van der Waals surface area contributed by atoms with Gasteiger partial charge in [0.2, 0.25) is 5.91 Å². The third-order valence-corrected chi connectivity index (χ3v) is 9.55. The number of amides is 1. The van der Waals surface area contributed by atoms with Gasteiger partial charge in [0.15, 0.2) is 5.78 Å². The summed E-state index contributed by atoms with van der Waals surface area (Å²) in [5.74, 6) is 2.30. The van der Waals surface area contributed by atoms with E-state index in [0.29, 0.717) is 30.1 Å². The number of rotatable bonds is 3. The molecule has 4 aliphatic rings. The molecule has 0 saturated heterocycles. The minimum absolute atomic E-state index is 0.0362. The maximum absolute atomic E-state index is 13.2. The molecule has 4 rings (SSSR count). The highest BCUT2D eigenvalue weighted by Crippen LogP contribution is 2.64. The minimum Gasteiger partial charge on any atom is -0.343 e. The molecule has 7 atom stereocenters.